The van der Waals surface area contributed by atoms with Crippen molar-refractivity contribution in [2.45, 2.75) is 0 Å². The zero-order chi connectivity index (χ0) is 16.2. The largest absolute Gasteiger partial charge is 0.497 e. The lowest BCUT2D eigenvalue weighted by Crippen LogP contribution is -2.10. The minimum Gasteiger partial charge on any atom is -0.497 e. The zero-order valence-electron chi connectivity index (χ0n) is 12.2. The number of aromatic nitrogens is 1. The molecule has 0 saturated heterocycles. The van der Waals surface area contributed by atoms with Gasteiger partial charge < -0.3 is 14.6 Å². The quantitative estimate of drug-likeness (QED) is 0.797. The van der Waals surface area contributed by atoms with Crippen molar-refractivity contribution in [1.29, 1.82) is 0 Å². The van der Waals surface area contributed by atoms with Gasteiger partial charge in [-0.15, -0.1) is 0 Å². The SMILES string of the molecule is COc1ccc(NC(=O)c2cc(-c3ccccc3F)no2)cc1. The second kappa shape index (κ2) is 6.31. The Balaban J connectivity index is 1.77. The summed E-state index contributed by atoms with van der Waals surface area (Å²) in [5.41, 5.74) is 1.13. The minimum atomic E-state index is -0.467. The van der Waals surface area contributed by atoms with Crippen LogP contribution in [0, 0.1) is 5.82 Å². The molecule has 1 amide bonds. The van der Waals surface area contributed by atoms with Crippen LogP contribution in [0.5, 0.6) is 5.75 Å². The van der Waals surface area contributed by atoms with Crippen LogP contribution in [0.15, 0.2) is 59.1 Å². The van der Waals surface area contributed by atoms with Gasteiger partial charge >= 0.3 is 0 Å². The molecule has 5 nitrogen and oxygen atoms in total. The molecule has 3 rings (SSSR count). The molecule has 1 N–H and O–H groups in total. The highest BCUT2D eigenvalue weighted by atomic mass is 19.1. The van der Waals surface area contributed by atoms with Crippen molar-refractivity contribution in [2.24, 2.45) is 0 Å². The van der Waals surface area contributed by atoms with Crippen molar-refractivity contribution in [1.82, 2.24) is 5.16 Å². The molecule has 0 bridgehead atoms. The van der Waals surface area contributed by atoms with Crippen LogP contribution in [0.4, 0.5) is 10.1 Å². The minimum absolute atomic E-state index is 0.000860. The van der Waals surface area contributed by atoms with E-state index in [4.69, 9.17) is 9.26 Å². The van der Waals surface area contributed by atoms with Gasteiger partial charge in [-0.25, -0.2) is 4.39 Å². The van der Waals surface area contributed by atoms with Crippen LogP contribution in [0.3, 0.4) is 0 Å². The van der Waals surface area contributed by atoms with Gasteiger partial charge in [-0.2, -0.15) is 0 Å². The summed E-state index contributed by atoms with van der Waals surface area (Å²) < 4.78 is 23.8. The number of hydrogen-bond acceptors (Lipinski definition) is 4. The van der Waals surface area contributed by atoms with Gasteiger partial charge in [0.05, 0.1) is 7.11 Å². The smallest absolute Gasteiger partial charge is 0.294 e. The van der Waals surface area contributed by atoms with Gasteiger partial charge in [-0.3, -0.25) is 4.79 Å². The van der Waals surface area contributed by atoms with Crippen LogP contribution in [0.2, 0.25) is 0 Å². The Hall–Kier alpha value is -3.15. The van der Waals surface area contributed by atoms with Gasteiger partial charge in [0.15, 0.2) is 0 Å². The molecule has 3 aromatic rings. The van der Waals surface area contributed by atoms with Gasteiger partial charge in [-0.1, -0.05) is 17.3 Å². The maximum Gasteiger partial charge on any atom is 0.294 e. The third kappa shape index (κ3) is 3.21. The van der Waals surface area contributed by atoms with Gasteiger partial charge in [0, 0.05) is 17.3 Å². The van der Waals surface area contributed by atoms with Crippen LogP contribution in [-0.2, 0) is 0 Å². The third-order valence-electron chi connectivity index (χ3n) is 3.23. The molecule has 0 radical (unpaired) electrons. The Bertz CT molecular complexity index is 828. The second-order valence-corrected chi connectivity index (χ2v) is 4.74. The maximum absolute atomic E-state index is 13.7. The van der Waals surface area contributed by atoms with Gasteiger partial charge in [0.25, 0.3) is 5.91 Å². The number of benzene rings is 2. The molecule has 0 atom stereocenters. The summed E-state index contributed by atoms with van der Waals surface area (Å²) in [7, 11) is 1.56. The molecule has 0 aliphatic rings. The van der Waals surface area contributed by atoms with Crippen LogP contribution in [0.25, 0.3) is 11.3 Å². The van der Waals surface area contributed by atoms with Crippen molar-refractivity contribution in [3.63, 3.8) is 0 Å². The Kier molecular flexibility index (Phi) is 4.05. The number of halogens is 1. The summed E-state index contributed by atoms with van der Waals surface area (Å²) in [5, 5.41) is 6.41. The normalized spacial score (nSPS) is 10.3. The molecular weight excluding hydrogens is 299 g/mol. The molecule has 2 aromatic carbocycles. The molecule has 0 saturated carbocycles. The molecule has 6 heteroatoms. The van der Waals surface area contributed by atoms with Gasteiger partial charge in [0.2, 0.25) is 5.76 Å². The van der Waals surface area contributed by atoms with E-state index in [2.05, 4.69) is 10.5 Å². The lowest BCUT2D eigenvalue weighted by atomic mass is 10.1. The highest BCUT2D eigenvalue weighted by Gasteiger charge is 2.16. The monoisotopic (exact) mass is 312 g/mol. The van der Waals surface area contributed by atoms with E-state index in [1.54, 1.807) is 49.6 Å². The summed E-state index contributed by atoms with van der Waals surface area (Å²) in [6.07, 6.45) is 0. The van der Waals surface area contributed by atoms with Crippen molar-refractivity contribution in [3.05, 3.63) is 66.2 Å². The first-order valence-electron chi connectivity index (χ1n) is 6.84. The van der Waals surface area contributed by atoms with Crippen LogP contribution < -0.4 is 10.1 Å². The molecule has 1 aromatic heterocycles. The summed E-state index contributed by atoms with van der Waals surface area (Å²) in [6.45, 7) is 0. The molecule has 23 heavy (non-hydrogen) atoms. The maximum atomic E-state index is 13.7. The summed E-state index contributed by atoms with van der Waals surface area (Å²) in [6, 6.07) is 14.4. The number of carbonyl (C=O) groups is 1. The van der Waals surface area contributed by atoms with E-state index in [1.165, 1.54) is 12.1 Å². The molecule has 0 unspecified atom stereocenters. The van der Waals surface area contributed by atoms with Crippen molar-refractivity contribution < 1.29 is 18.4 Å². The van der Waals surface area contributed by atoms with E-state index in [9.17, 15) is 9.18 Å². The molecule has 0 spiro atoms. The zero-order valence-corrected chi connectivity index (χ0v) is 12.2. The fourth-order valence-electron chi connectivity index (χ4n) is 2.05. The third-order valence-corrected chi connectivity index (χ3v) is 3.23. The number of carbonyl (C=O) groups excluding carboxylic acids is 1. The number of ether oxygens (including phenoxy) is 1. The van der Waals surface area contributed by atoms with Crippen LogP contribution >= 0.6 is 0 Å². The fraction of sp³-hybridized carbons (Fsp3) is 0.0588. The molecule has 0 aliphatic carbocycles. The molecular formula is C17H13FN2O3. The average Bonchev–Trinajstić information content (AvgIpc) is 3.06. The number of nitrogens with zero attached hydrogens (tertiary/aromatic N) is 1. The Morgan fingerprint density at radius 1 is 1.17 bits per heavy atom. The molecule has 0 fully saturated rings. The number of hydrogen-bond donors (Lipinski definition) is 1. The first-order chi connectivity index (χ1) is 11.2. The topological polar surface area (TPSA) is 64.4 Å². The Labute approximate surface area is 131 Å². The Morgan fingerprint density at radius 2 is 1.91 bits per heavy atom. The van der Waals surface area contributed by atoms with Gasteiger partial charge in [-0.05, 0) is 36.4 Å². The highest BCUT2D eigenvalue weighted by Crippen LogP contribution is 2.23. The van der Waals surface area contributed by atoms with E-state index in [0.717, 1.165) is 0 Å². The van der Waals surface area contributed by atoms with Crippen molar-refractivity contribution in [3.8, 4) is 17.0 Å². The standard InChI is InChI=1S/C17H13FN2O3/c1-22-12-8-6-11(7-9-12)19-17(21)16-10-15(20-23-16)13-4-2-3-5-14(13)18/h2-10H,1H3,(H,19,21). The van der Waals surface area contributed by atoms with Crippen molar-refractivity contribution >= 4 is 11.6 Å². The van der Waals surface area contributed by atoms with E-state index in [0.29, 0.717) is 11.4 Å². The fourth-order valence-corrected chi connectivity index (χ4v) is 2.05. The molecule has 0 aliphatic heterocycles. The number of amides is 1. The van der Waals surface area contributed by atoms with Crippen molar-refractivity contribution in [2.75, 3.05) is 12.4 Å². The Morgan fingerprint density at radius 3 is 2.61 bits per heavy atom. The molecule has 1 heterocycles. The number of methoxy groups -OCH3 is 1. The number of anilines is 1. The first-order valence-corrected chi connectivity index (χ1v) is 6.84. The molecule has 116 valence electrons. The number of nitrogens with one attached hydrogen (secondary N) is 1. The average molecular weight is 312 g/mol. The van der Waals surface area contributed by atoms with E-state index < -0.39 is 11.7 Å². The number of rotatable bonds is 4. The van der Waals surface area contributed by atoms with Gasteiger partial charge in [0.1, 0.15) is 17.3 Å². The van der Waals surface area contributed by atoms with E-state index >= 15 is 0 Å². The predicted molar refractivity (Wildman–Crippen MR) is 82.8 cm³/mol. The summed E-state index contributed by atoms with van der Waals surface area (Å²) in [4.78, 5) is 12.1. The van der Waals surface area contributed by atoms with E-state index in [1.807, 2.05) is 0 Å². The highest BCUT2D eigenvalue weighted by molar-refractivity contribution is 6.02. The summed E-state index contributed by atoms with van der Waals surface area (Å²) in [5.74, 6) is -0.211. The lowest BCUT2D eigenvalue weighted by molar-refractivity contribution is 0.0988. The van der Waals surface area contributed by atoms with E-state index in [-0.39, 0.29) is 17.0 Å². The van der Waals surface area contributed by atoms with Crippen LogP contribution in [-0.4, -0.2) is 18.2 Å². The van der Waals surface area contributed by atoms with Crippen LogP contribution in [0.1, 0.15) is 10.6 Å². The first kappa shape index (κ1) is 14.8. The predicted octanol–water partition coefficient (Wildman–Crippen LogP) is 3.74. The lowest BCUT2D eigenvalue weighted by Gasteiger charge is -2.03. The summed E-state index contributed by atoms with van der Waals surface area (Å²) >= 11 is 0. The second-order valence-electron chi connectivity index (χ2n) is 4.74.